The largest absolute Gasteiger partial charge is 0.497 e. The zero-order valence-electron chi connectivity index (χ0n) is 13.3. The Hall–Kier alpha value is -2.80. The topological polar surface area (TPSA) is 94.1 Å². The van der Waals surface area contributed by atoms with Gasteiger partial charge >= 0.3 is 5.97 Å². The van der Waals surface area contributed by atoms with Crippen molar-refractivity contribution in [3.8, 4) is 11.5 Å². The fourth-order valence-electron chi connectivity index (χ4n) is 2.11. The number of carbonyl (C=O) groups excluding carboxylic acids is 1. The SMILES string of the molecule is C=CCOCC(NC(=O)C1=Cc2cc(OC)ccc2OC1)C(=O)O. The maximum Gasteiger partial charge on any atom is 0.328 e. The number of amides is 1. The molecule has 1 aliphatic heterocycles. The van der Waals surface area contributed by atoms with Gasteiger partial charge in [-0.2, -0.15) is 0 Å². The lowest BCUT2D eigenvalue weighted by atomic mass is 10.1. The smallest absolute Gasteiger partial charge is 0.328 e. The van der Waals surface area contributed by atoms with Gasteiger partial charge < -0.3 is 24.6 Å². The van der Waals surface area contributed by atoms with Crippen molar-refractivity contribution < 1.29 is 28.9 Å². The van der Waals surface area contributed by atoms with Crippen LogP contribution in [0.2, 0.25) is 0 Å². The third-order valence-electron chi connectivity index (χ3n) is 3.35. The van der Waals surface area contributed by atoms with Crippen LogP contribution in [0.15, 0.2) is 36.4 Å². The molecule has 2 rings (SSSR count). The number of hydrogen-bond acceptors (Lipinski definition) is 5. The standard InChI is InChI=1S/C17H19NO6/c1-3-6-23-10-14(17(20)21)18-16(19)12-7-11-8-13(22-2)4-5-15(11)24-9-12/h3-5,7-8,14H,1,6,9-10H2,2H3,(H,18,19)(H,20,21). The summed E-state index contributed by atoms with van der Waals surface area (Å²) >= 11 is 0. The molecular weight excluding hydrogens is 314 g/mol. The van der Waals surface area contributed by atoms with Crippen LogP contribution in [0.1, 0.15) is 5.56 Å². The Morgan fingerprint density at radius 2 is 2.29 bits per heavy atom. The Bertz CT molecular complexity index is 667. The lowest BCUT2D eigenvalue weighted by Gasteiger charge is -2.20. The molecule has 0 bridgehead atoms. The molecule has 0 saturated heterocycles. The predicted octanol–water partition coefficient (Wildman–Crippen LogP) is 1.24. The first-order valence-electron chi connectivity index (χ1n) is 7.29. The van der Waals surface area contributed by atoms with Crippen LogP contribution in [-0.4, -0.2) is 50.0 Å². The van der Waals surface area contributed by atoms with Gasteiger partial charge in [-0.15, -0.1) is 6.58 Å². The molecule has 1 unspecified atom stereocenters. The number of nitrogens with one attached hydrogen (secondary N) is 1. The van der Waals surface area contributed by atoms with Crippen LogP contribution in [0.25, 0.3) is 6.08 Å². The molecule has 0 aliphatic carbocycles. The molecule has 2 N–H and O–H groups in total. The lowest BCUT2D eigenvalue weighted by molar-refractivity contribution is -0.143. The summed E-state index contributed by atoms with van der Waals surface area (Å²) in [7, 11) is 1.55. The fraction of sp³-hybridized carbons (Fsp3) is 0.294. The average Bonchev–Trinajstić information content (AvgIpc) is 2.59. The quantitative estimate of drug-likeness (QED) is 0.549. The summed E-state index contributed by atoms with van der Waals surface area (Å²) in [4.78, 5) is 23.5. The first-order chi connectivity index (χ1) is 11.5. The van der Waals surface area contributed by atoms with Crippen LogP contribution in [0.3, 0.4) is 0 Å². The molecule has 7 heteroatoms. The molecule has 1 aromatic rings. The highest BCUT2D eigenvalue weighted by Crippen LogP contribution is 2.29. The third kappa shape index (κ3) is 4.36. The minimum Gasteiger partial charge on any atom is -0.497 e. The summed E-state index contributed by atoms with van der Waals surface area (Å²) in [5.74, 6) is -0.419. The van der Waals surface area contributed by atoms with Crippen molar-refractivity contribution in [3.05, 3.63) is 42.0 Å². The zero-order chi connectivity index (χ0) is 17.5. The van der Waals surface area contributed by atoms with Gasteiger partial charge in [0.25, 0.3) is 5.91 Å². The number of carbonyl (C=O) groups is 2. The predicted molar refractivity (Wildman–Crippen MR) is 87.0 cm³/mol. The van der Waals surface area contributed by atoms with E-state index < -0.39 is 17.9 Å². The number of hydrogen-bond donors (Lipinski definition) is 2. The van der Waals surface area contributed by atoms with Gasteiger partial charge in [0.2, 0.25) is 0 Å². The molecule has 0 radical (unpaired) electrons. The molecule has 0 aromatic heterocycles. The Morgan fingerprint density at radius 3 is 2.96 bits per heavy atom. The van der Waals surface area contributed by atoms with Gasteiger partial charge in [0.1, 0.15) is 18.1 Å². The molecular formula is C17H19NO6. The number of ether oxygens (including phenoxy) is 3. The van der Waals surface area contributed by atoms with Crippen LogP contribution >= 0.6 is 0 Å². The molecule has 24 heavy (non-hydrogen) atoms. The normalized spacial score (nSPS) is 13.8. The Balaban J connectivity index is 2.09. The summed E-state index contributed by atoms with van der Waals surface area (Å²) in [6.07, 6.45) is 3.16. The summed E-state index contributed by atoms with van der Waals surface area (Å²) in [5, 5.41) is 11.6. The van der Waals surface area contributed by atoms with Crippen LogP contribution in [-0.2, 0) is 14.3 Å². The maximum atomic E-state index is 12.3. The average molecular weight is 333 g/mol. The van der Waals surface area contributed by atoms with E-state index in [2.05, 4.69) is 11.9 Å². The van der Waals surface area contributed by atoms with Gasteiger partial charge in [-0.3, -0.25) is 4.79 Å². The maximum absolute atomic E-state index is 12.3. The monoisotopic (exact) mass is 333 g/mol. The van der Waals surface area contributed by atoms with E-state index in [4.69, 9.17) is 19.3 Å². The Labute approximate surface area is 139 Å². The minimum absolute atomic E-state index is 0.0605. The number of fused-ring (bicyclic) bond motifs is 1. The highest BCUT2D eigenvalue weighted by molar-refractivity contribution is 6.00. The van der Waals surface area contributed by atoms with E-state index in [-0.39, 0.29) is 19.8 Å². The van der Waals surface area contributed by atoms with Gasteiger partial charge in [-0.05, 0) is 24.3 Å². The second kappa shape index (κ2) is 8.16. The number of aliphatic carboxylic acids is 1. The zero-order valence-corrected chi connectivity index (χ0v) is 13.3. The fourth-order valence-corrected chi connectivity index (χ4v) is 2.11. The van der Waals surface area contributed by atoms with Crippen LogP contribution in [0.4, 0.5) is 0 Å². The first kappa shape index (κ1) is 17.6. The molecule has 0 fully saturated rings. The first-order valence-corrected chi connectivity index (χ1v) is 7.29. The van der Waals surface area contributed by atoms with Crippen molar-refractivity contribution in [1.82, 2.24) is 5.32 Å². The summed E-state index contributed by atoms with van der Waals surface area (Å²) in [6.45, 7) is 3.60. The van der Waals surface area contributed by atoms with E-state index in [1.807, 2.05) is 0 Å². The van der Waals surface area contributed by atoms with E-state index in [0.717, 1.165) is 0 Å². The van der Waals surface area contributed by atoms with Crippen LogP contribution in [0, 0.1) is 0 Å². The molecule has 1 aliphatic rings. The minimum atomic E-state index is -1.17. The number of benzene rings is 1. The molecule has 7 nitrogen and oxygen atoms in total. The Kier molecular flexibility index (Phi) is 5.97. The number of carboxylic acid groups (broad SMARTS) is 1. The van der Waals surface area contributed by atoms with Gasteiger partial charge in [0, 0.05) is 5.56 Å². The van der Waals surface area contributed by atoms with Crippen molar-refractivity contribution in [3.63, 3.8) is 0 Å². The molecule has 0 saturated carbocycles. The van der Waals surface area contributed by atoms with Gasteiger partial charge in [0.15, 0.2) is 6.04 Å². The second-order valence-electron chi connectivity index (χ2n) is 5.05. The van der Waals surface area contributed by atoms with E-state index in [9.17, 15) is 9.59 Å². The lowest BCUT2D eigenvalue weighted by Crippen LogP contribution is -2.45. The van der Waals surface area contributed by atoms with Crippen LogP contribution < -0.4 is 14.8 Å². The highest BCUT2D eigenvalue weighted by Gasteiger charge is 2.24. The van der Waals surface area contributed by atoms with Crippen molar-refractivity contribution in [2.24, 2.45) is 0 Å². The Morgan fingerprint density at radius 1 is 1.50 bits per heavy atom. The molecule has 1 heterocycles. The summed E-state index contributed by atoms with van der Waals surface area (Å²) in [6, 6.07) is 4.10. The second-order valence-corrected chi connectivity index (χ2v) is 5.05. The van der Waals surface area contributed by atoms with E-state index >= 15 is 0 Å². The van der Waals surface area contributed by atoms with Gasteiger partial charge in [-0.25, -0.2) is 4.79 Å². The number of methoxy groups -OCH3 is 1. The van der Waals surface area contributed by atoms with Crippen molar-refractivity contribution in [2.45, 2.75) is 6.04 Å². The molecule has 1 amide bonds. The van der Waals surface area contributed by atoms with Crippen LogP contribution in [0.5, 0.6) is 11.5 Å². The van der Waals surface area contributed by atoms with E-state index in [1.54, 1.807) is 31.4 Å². The highest BCUT2D eigenvalue weighted by atomic mass is 16.5. The van der Waals surface area contributed by atoms with Crippen molar-refractivity contribution in [2.75, 3.05) is 26.9 Å². The van der Waals surface area contributed by atoms with E-state index in [0.29, 0.717) is 22.6 Å². The molecule has 128 valence electrons. The summed E-state index contributed by atoms with van der Waals surface area (Å²) < 4.78 is 15.8. The third-order valence-corrected chi connectivity index (χ3v) is 3.35. The molecule has 0 spiro atoms. The number of rotatable bonds is 8. The van der Waals surface area contributed by atoms with Crippen molar-refractivity contribution in [1.29, 1.82) is 0 Å². The molecule has 1 atom stereocenters. The number of carboxylic acids is 1. The van der Waals surface area contributed by atoms with Crippen molar-refractivity contribution >= 4 is 18.0 Å². The van der Waals surface area contributed by atoms with Gasteiger partial charge in [0.05, 0.1) is 25.9 Å². The van der Waals surface area contributed by atoms with E-state index in [1.165, 1.54) is 6.08 Å². The summed E-state index contributed by atoms with van der Waals surface area (Å²) in [5.41, 5.74) is 1.02. The van der Waals surface area contributed by atoms with Gasteiger partial charge in [-0.1, -0.05) is 6.08 Å². The molecule has 1 aromatic carbocycles.